The molecule has 1 unspecified atom stereocenters. The fourth-order valence-corrected chi connectivity index (χ4v) is 6.58. The first-order chi connectivity index (χ1) is 16.8. The van der Waals surface area contributed by atoms with E-state index in [9.17, 15) is 9.59 Å². The molecule has 5 nitrogen and oxygen atoms in total. The lowest BCUT2D eigenvalue weighted by atomic mass is 9.85. The SMILES string of the molecule is CCC1CCc2c(sc(NC(=O)c3cc(-c4cccc(C)c4)nc4ccc(Br)cc34)c2C(N)=O)C1. The minimum Gasteiger partial charge on any atom is -0.365 e. The number of aromatic nitrogens is 1. The molecular formula is C28H26BrN3O2S. The Kier molecular flexibility index (Phi) is 6.47. The summed E-state index contributed by atoms with van der Waals surface area (Å²) in [7, 11) is 0. The van der Waals surface area contributed by atoms with Crippen LogP contribution in [-0.4, -0.2) is 16.8 Å². The number of primary amides is 1. The van der Waals surface area contributed by atoms with Crippen LogP contribution in [0.5, 0.6) is 0 Å². The van der Waals surface area contributed by atoms with Gasteiger partial charge < -0.3 is 11.1 Å². The van der Waals surface area contributed by atoms with Gasteiger partial charge in [0.1, 0.15) is 5.00 Å². The summed E-state index contributed by atoms with van der Waals surface area (Å²) in [6.45, 7) is 4.22. The Bertz CT molecular complexity index is 1480. The first-order valence-corrected chi connectivity index (χ1v) is 13.4. The summed E-state index contributed by atoms with van der Waals surface area (Å²) >= 11 is 5.00. The summed E-state index contributed by atoms with van der Waals surface area (Å²) in [5, 5.41) is 4.32. The van der Waals surface area contributed by atoms with Crippen molar-refractivity contribution in [2.24, 2.45) is 11.7 Å². The lowest BCUT2D eigenvalue weighted by Crippen LogP contribution is -2.20. The minimum atomic E-state index is -0.490. The van der Waals surface area contributed by atoms with Gasteiger partial charge in [-0.05, 0) is 68.0 Å². The quantitative estimate of drug-likeness (QED) is 0.285. The molecule has 1 aliphatic carbocycles. The number of fused-ring (bicyclic) bond motifs is 2. The third-order valence-corrected chi connectivity index (χ3v) is 8.41. The van der Waals surface area contributed by atoms with Crippen LogP contribution in [0, 0.1) is 12.8 Å². The number of anilines is 1. The molecule has 178 valence electrons. The number of carbonyl (C=O) groups excluding carboxylic acids is 2. The summed E-state index contributed by atoms with van der Waals surface area (Å²) in [5.74, 6) is -0.170. The van der Waals surface area contributed by atoms with Crippen molar-refractivity contribution in [3.05, 3.63) is 80.1 Å². The van der Waals surface area contributed by atoms with E-state index in [1.165, 1.54) is 11.3 Å². The second-order valence-electron chi connectivity index (χ2n) is 9.13. The molecule has 1 atom stereocenters. The summed E-state index contributed by atoms with van der Waals surface area (Å²) in [6.07, 6.45) is 3.89. The molecule has 2 aromatic carbocycles. The predicted molar refractivity (Wildman–Crippen MR) is 146 cm³/mol. The topological polar surface area (TPSA) is 85.1 Å². The number of carbonyl (C=O) groups is 2. The van der Waals surface area contributed by atoms with Crippen molar-refractivity contribution in [2.45, 2.75) is 39.5 Å². The van der Waals surface area contributed by atoms with E-state index in [-0.39, 0.29) is 5.91 Å². The van der Waals surface area contributed by atoms with Crippen LogP contribution < -0.4 is 11.1 Å². The summed E-state index contributed by atoms with van der Waals surface area (Å²) < 4.78 is 0.860. The molecule has 0 radical (unpaired) electrons. The molecule has 0 saturated heterocycles. The molecule has 2 amide bonds. The average molecular weight is 549 g/mol. The van der Waals surface area contributed by atoms with Gasteiger partial charge in [-0.1, -0.05) is 53.0 Å². The maximum absolute atomic E-state index is 13.7. The number of nitrogens with two attached hydrogens (primary N) is 1. The molecule has 0 spiro atoms. The number of benzene rings is 2. The maximum Gasteiger partial charge on any atom is 0.257 e. The maximum atomic E-state index is 13.7. The van der Waals surface area contributed by atoms with E-state index in [4.69, 9.17) is 10.7 Å². The van der Waals surface area contributed by atoms with Crippen molar-refractivity contribution in [2.75, 3.05) is 5.32 Å². The van der Waals surface area contributed by atoms with Gasteiger partial charge in [0.05, 0.1) is 22.3 Å². The number of pyridine rings is 1. The molecule has 1 aliphatic rings. The molecule has 0 aliphatic heterocycles. The highest BCUT2D eigenvalue weighted by atomic mass is 79.9. The Morgan fingerprint density at radius 2 is 2.03 bits per heavy atom. The summed E-state index contributed by atoms with van der Waals surface area (Å²) in [6, 6.07) is 15.6. The van der Waals surface area contributed by atoms with Crippen molar-refractivity contribution in [3.8, 4) is 11.3 Å². The van der Waals surface area contributed by atoms with E-state index in [1.54, 1.807) is 0 Å². The Hall–Kier alpha value is -3.03. The second-order valence-corrected chi connectivity index (χ2v) is 11.2. The smallest absolute Gasteiger partial charge is 0.257 e. The first-order valence-electron chi connectivity index (χ1n) is 11.8. The number of amides is 2. The zero-order chi connectivity index (χ0) is 24.7. The molecule has 0 saturated carbocycles. The van der Waals surface area contributed by atoms with E-state index in [0.717, 1.165) is 68.3 Å². The van der Waals surface area contributed by atoms with E-state index in [1.807, 2.05) is 49.4 Å². The van der Waals surface area contributed by atoms with Gasteiger partial charge in [0.25, 0.3) is 11.8 Å². The largest absolute Gasteiger partial charge is 0.365 e. The Balaban J connectivity index is 1.59. The molecule has 7 heteroatoms. The molecule has 2 heterocycles. The fraction of sp³-hybridized carbons (Fsp3) is 0.250. The van der Waals surface area contributed by atoms with Crippen molar-refractivity contribution < 1.29 is 9.59 Å². The first kappa shape index (κ1) is 23.7. The van der Waals surface area contributed by atoms with E-state index >= 15 is 0 Å². The number of hydrogen-bond acceptors (Lipinski definition) is 4. The third kappa shape index (κ3) is 4.62. The highest BCUT2D eigenvalue weighted by Gasteiger charge is 2.28. The van der Waals surface area contributed by atoms with Crippen molar-refractivity contribution in [1.29, 1.82) is 0 Å². The van der Waals surface area contributed by atoms with Crippen LogP contribution in [0.1, 0.15) is 56.5 Å². The third-order valence-electron chi connectivity index (χ3n) is 6.75. The zero-order valence-electron chi connectivity index (χ0n) is 19.7. The van der Waals surface area contributed by atoms with E-state index < -0.39 is 5.91 Å². The van der Waals surface area contributed by atoms with Gasteiger partial charge in [0, 0.05) is 20.3 Å². The van der Waals surface area contributed by atoms with Gasteiger partial charge in [-0.3, -0.25) is 9.59 Å². The van der Waals surface area contributed by atoms with Gasteiger partial charge in [0.15, 0.2) is 0 Å². The van der Waals surface area contributed by atoms with Crippen LogP contribution in [0.2, 0.25) is 0 Å². The van der Waals surface area contributed by atoms with Crippen LogP contribution in [0.4, 0.5) is 5.00 Å². The van der Waals surface area contributed by atoms with Gasteiger partial charge in [-0.2, -0.15) is 0 Å². The molecule has 3 N–H and O–H groups in total. The van der Waals surface area contributed by atoms with Crippen LogP contribution >= 0.6 is 27.3 Å². The number of hydrogen-bond donors (Lipinski definition) is 2. The van der Waals surface area contributed by atoms with Crippen molar-refractivity contribution in [1.82, 2.24) is 4.98 Å². The number of thiophene rings is 1. The molecule has 5 rings (SSSR count). The van der Waals surface area contributed by atoms with E-state index in [2.05, 4.69) is 34.2 Å². The average Bonchev–Trinajstić information content (AvgIpc) is 3.20. The van der Waals surface area contributed by atoms with Crippen molar-refractivity contribution >= 4 is 55.0 Å². The lowest BCUT2D eigenvalue weighted by Gasteiger charge is -2.20. The second kappa shape index (κ2) is 9.55. The molecule has 35 heavy (non-hydrogen) atoms. The standard InChI is InChI=1S/C28H26BrN3O2S/c1-3-16-7-9-19-24(12-16)35-28(25(19)26(30)33)32-27(34)21-14-23(17-6-4-5-15(2)11-17)31-22-10-8-18(29)13-20(21)22/h4-6,8,10-11,13-14,16H,3,7,9,12H2,1-2H3,(H2,30,33)(H,32,34). The normalized spacial score (nSPS) is 15.1. The van der Waals surface area contributed by atoms with Crippen LogP contribution in [-0.2, 0) is 12.8 Å². The van der Waals surface area contributed by atoms with Gasteiger partial charge in [-0.25, -0.2) is 4.98 Å². The van der Waals surface area contributed by atoms with Crippen LogP contribution in [0.25, 0.3) is 22.2 Å². The molecule has 0 fully saturated rings. The van der Waals surface area contributed by atoms with Gasteiger partial charge >= 0.3 is 0 Å². The van der Waals surface area contributed by atoms with Crippen LogP contribution in [0.15, 0.2) is 53.0 Å². The number of nitrogens with zero attached hydrogens (tertiary/aromatic N) is 1. The summed E-state index contributed by atoms with van der Waals surface area (Å²) in [5.41, 5.74) is 11.3. The molecule has 4 aromatic rings. The Morgan fingerprint density at radius 3 is 2.77 bits per heavy atom. The predicted octanol–water partition coefficient (Wildman–Crippen LogP) is 6.90. The molecule has 0 bridgehead atoms. The molecule has 2 aromatic heterocycles. The number of nitrogens with one attached hydrogen (secondary N) is 1. The fourth-order valence-electron chi connectivity index (χ4n) is 4.86. The lowest BCUT2D eigenvalue weighted by molar-refractivity contribution is 0.1000. The number of halogens is 1. The van der Waals surface area contributed by atoms with E-state index in [0.29, 0.717) is 22.0 Å². The molecular weight excluding hydrogens is 522 g/mol. The summed E-state index contributed by atoms with van der Waals surface area (Å²) in [4.78, 5) is 32.1. The minimum absolute atomic E-state index is 0.280. The number of aryl methyl sites for hydroxylation is 1. The van der Waals surface area contributed by atoms with Crippen LogP contribution in [0.3, 0.4) is 0 Å². The zero-order valence-corrected chi connectivity index (χ0v) is 22.1. The Morgan fingerprint density at radius 1 is 1.20 bits per heavy atom. The highest BCUT2D eigenvalue weighted by molar-refractivity contribution is 9.10. The monoisotopic (exact) mass is 547 g/mol. The Labute approximate surface area is 216 Å². The highest BCUT2D eigenvalue weighted by Crippen LogP contribution is 2.40. The van der Waals surface area contributed by atoms with Gasteiger partial charge in [-0.15, -0.1) is 11.3 Å². The number of rotatable bonds is 5. The van der Waals surface area contributed by atoms with Crippen molar-refractivity contribution in [3.63, 3.8) is 0 Å². The van der Waals surface area contributed by atoms with Gasteiger partial charge in [0.2, 0.25) is 0 Å².